The molecule has 0 N–H and O–H groups in total. The van der Waals surface area contributed by atoms with Crippen LogP contribution in [-0.4, -0.2) is 56.8 Å². The van der Waals surface area contributed by atoms with E-state index in [1.807, 2.05) is 23.1 Å². The number of aryl methyl sites for hydroxylation is 1. The lowest BCUT2D eigenvalue weighted by atomic mass is 9.96. The quantitative estimate of drug-likeness (QED) is 0.277. The summed E-state index contributed by atoms with van der Waals surface area (Å²) in [5, 5.41) is 0.489. The van der Waals surface area contributed by atoms with Gasteiger partial charge in [0.1, 0.15) is 0 Å². The Kier molecular flexibility index (Phi) is 7.84. The third kappa shape index (κ3) is 5.62. The standard InChI is InChI=1S/C33H32ClN3O3S/c34-29-14-16-30(17-15-29)41(39,40)37-19-7-12-27-24-28(13-18-31(27)37)33(38)36-22-20-35(21-23-36)32(25-8-3-1-4-9-25)26-10-5-2-6-11-26/h1-6,8-11,13-18,24,32H,7,12,19-23H2. The number of carbonyl (C=O) groups is 1. The number of hydrogen-bond acceptors (Lipinski definition) is 4. The first-order valence-electron chi connectivity index (χ1n) is 14.0. The molecule has 0 radical (unpaired) electrons. The number of amides is 1. The second-order valence-electron chi connectivity index (χ2n) is 10.5. The van der Waals surface area contributed by atoms with E-state index in [2.05, 4.69) is 53.4 Å². The maximum Gasteiger partial charge on any atom is 0.264 e. The van der Waals surface area contributed by atoms with Crippen molar-refractivity contribution in [3.05, 3.63) is 130 Å². The van der Waals surface area contributed by atoms with Crippen LogP contribution in [0.1, 0.15) is 39.5 Å². The molecular formula is C33H32ClN3O3S. The Hall–Kier alpha value is -3.65. The van der Waals surface area contributed by atoms with Crippen LogP contribution in [0, 0.1) is 0 Å². The molecular weight excluding hydrogens is 554 g/mol. The molecule has 0 bridgehead atoms. The fourth-order valence-corrected chi connectivity index (χ4v) is 7.60. The smallest absolute Gasteiger partial charge is 0.264 e. The summed E-state index contributed by atoms with van der Waals surface area (Å²) in [6, 6.07) is 32.8. The van der Waals surface area contributed by atoms with Crippen LogP contribution in [0.15, 0.2) is 108 Å². The lowest BCUT2D eigenvalue weighted by Gasteiger charge is -2.40. The van der Waals surface area contributed by atoms with Crippen LogP contribution in [0.2, 0.25) is 5.02 Å². The van der Waals surface area contributed by atoms with Gasteiger partial charge >= 0.3 is 0 Å². The molecule has 0 aromatic heterocycles. The molecule has 4 aromatic rings. The van der Waals surface area contributed by atoms with Crippen LogP contribution in [-0.2, 0) is 16.4 Å². The first-order valence-corrected chi connectivity index (χ1v) is 15.8. The SMILES string of the molecule is O=C(c1ccc2c(c1)CCCN2S(=O)(=O)c1ccc(Cl)cc1)N1CCN(C(c2ccccc2)c2ccccc2)CC1. The summed E-state index contributed by atoms with van der Waals surface area (Å²) in [5.74, 6) is -0.0129. The highest BCUT2D eigenvalue weighted by atomic mass is 35.5. The fraction of sp³-hybridized carbons (Fsp3) is 0.242. The van der Waals surface area contributed by atoms with Crippen molar-refractivity contribution >= 4 is 33.2 Å². The summed E-state index contributed by atoms with van der Waals surface area (Å²) in [6.07, 6.45) is 1.42. The Labute approximate surface area is 246 Å². The Morgan fingerprint density at radius 1 is 0.732 bits per heavy atom. The first kappa shape index (κ1) is 27.5. The number of halogens is 1. The number of hydrogen-bond donors (Lipinski definition) is 0. The van der Waals surface area contributed by atoms with Crippen molar-refractivity contribution in [3.8, 4) is 0 Å². The Balaban J connectivity index is 1.18. The number of carbonyl (C=O) groups excluding carboxylic acids is 1. The van der Waals surface area contributed by atoms with Gasteiger partial charge in [0, 0.05) is 43.3 Å². The van der Waals surface area contributed by atoms with E-state index in [-0.39, 0.29) is 16.8 Å². The number of sulfonamides is 1. The van der Waals surface area contributed by atoms with Crippen LogP contribution in [0.5, 0.6) is 0 Å². The molecule has 6 rings (SSSR count). The molecule has 2 aliphatic heterocycles. The van der Waals surface area contributed by atoms with Crippen molar-refractivity contribution in [3.63, 3.8) is 0 Å². The van der Waals surface area contributed by atoms with E-state index in [0.29, 0.717) is 42.3 Å². The van der Waals surface area contributed by atoms with Gasteiger partial charge in [0.25, 0.3) is 15.9 Å². The van der Waals surface area contributed by atoms with E-state index in [4.69, 9.17) is 11.6 Å². The van der Waals surface area contributed by atoms with E-state index >= 15 is 0 Å². The largest absolute Gasteiger partial charge is 0.336 e. The summed E-state index contributed by atoms with van der Waals surface area (Å²) in [7, 11) is -3.73. The van der Waals surface area contributed by atoms with Gasteiger partial charge < -0.3 is 4.90 Å². The topological polar surface area (TPSA) is 60.9 Å². The lowest BCUT2D eigenvalue weighted by Crippen LogP contribution is -2.49. The highest BCUT2D eigenvalue weighted by Crippen LogP contribution is 2.34. The molecule has 1 saturated heterocycles. The second kappa shape index (κ2) is 11.7. The fourth-order valence-electron chi connectivity index (χ4n) is 5.93. The van der Waals surface area contributed by atoms with Gasteiger partial charge in [-0.1, -0.05) is 72.3 Å². The van der Waals surface area contributed by atoms with E-state index in [9.17, 15) is 13.2 Å². The van der Waals surface area contributed by atoms with Crippen LogP contribution < -0.4 is 4.31 Å². The molecule has 2 heterocycles. The molecule has 210 valence electrons. The van der Waals surface area contributed by atoms with Crippen LogP contribution >= 0.6 is 11.6 Å². The monoisotopic (exact) mass is 585 g/mol. The molecule has 1 fully saturated rings. The minimum atomic E-state index is -3.73. The van der Waals surface area contributed by atoms with Crippen molar-refractivity contribution in [2.75, 3.05) is 37.0 Å². The molecule has 4 aromatic carbocycles. The number of anilines is 1. The molecule has 6 nitrogen and oxygen atoms in total. The lowest BCUT2D eigenvalue weighted by molar-refractivity contribution is 0.0597. The maximum absolute atomic E-state index is 13.6. The molecule has 0 spiro atoms. The summed E-state index contributed by atoms with van der Waals surface area (Å²) in [4.78, 5) is 18.2. The number of nitrogens with zero attached hydrogens (tertiary/aromatic N) is 3. The minimum absolute atomic E-state index is 0.0129. The van der Waals surface area contributed by atoms with Gasteiger partial charge in [0.15, 0.2) is 0 Å². The number of fused-ring (bicyclic) bond motifs is 1. The van der Waals surface area contributed by atoms with Crippen molar-refractivity contribution in [2.45, 2.75) is 23.8 Å². The molecule has 0 atom stereocenters. The molecule has 8 heteroatoms. The van der Waals surface area contributed by atoms with Gasteiger partial charge in [0.2, 0.25) is 0 Å². The maximum atomic E-state index is 13.6. The molecule has 2 aliphatic rings. The van der Waals surface area contributed by atoms with Crippen molar-refractivity contribution in [2.24, 2.45) is 0 Å². The van der Waals surface area contributed by atoms with E-state index in [1.54, 1.807) is 24.3 Å². The molecule has 41 heavy (non-hydrogen) atoms. The minimum Gasteiger partial charge on any atom is -0.336 e. The summed E-state index contributed by atoms with van der Waals surface area (Å²) < 4.78 is 28.3. The Bertz CT molecular complexity index is 1580. The van der Waals surface area contributed by atoms with Gasteiger partial charge in [-0.05, 0) is 72.0 Å². The zero-order chi connectivity index (χ0) is 28.4. The van der Waals surface area contributed by atoms with Gasteiger partial charge in [-0.3, -0.25) is 14.0 Å². The van der Waals surface area contributed by atoms with Crippen molar-refractivity contribution in [1.82, 2.24) is 9.80 Å². The summed E-state index contributed by atoms with van der Waals surface area (Å²) in [5.41, 5.74) is 4.61. The third-order valence-corrected chi connectivity index (χ3v) is 10.1. The zero-order valence-corrected chi connectivity index (χ0v) is 24.3. The van der Waals surface area contributed by atoms with Crippen molar-refractivity contribution < 1.29 is 13.2 Å². The number of rotatable bonds is 6. The first-order chi connectivity index (χ1) is 19.9. The van der Waals surface area contributed by atoms with E-state index < -0.39 is 10.0 Å². The normalized spacial score (nSPS) is 16.0. The molecule has 0 unspecified atom stereocenters. The third-order valence-electron chi connectivity index (χ3n) is 8.00. The van der Waals surface area contributed by atoms with Crippen LogP contribution in [0.4, 0.5) is 5.69 Å². The van der Waals surface area contributed by atoms with E-state index in [0.717, 1.165) is 25.1 Å². The van der Waals surface area contributed by atoms with Gasteiger partial charge in [-0.2, -0.15) is 0 Å². The average Bonchev–Trinajstić information content (AvgIpc) is 3.02. The van der Waals surface area contributed by atoms with Crippen LogP contribution in [0.3, 0.4) is 0 Å². The van der Waals surface area contributed by atoms with E-state index in [1.165, 1.54) is 27.6 Å². The number of benzene rings is 4. The zero-order valence-electron chi connectivity index (χ0n) is 22.7. The predicted octanol–water partition coefficient (Wildman–Crippen LogP) is 6.03. The summed E-state index contributed by atoms with van der Waals surface area (Å²) >= 11 is 5.97. The number of piperazine rings is 1. The van der Waals surface area contributed by atoms with Gasteiger partial charge in [-0.15, -0.1) is 0 Å². The molecule has 1 amide bonds. The Morgan fingerprint density at radius 3 is 1.95 bits per heavy atom. The predicted molar refractivity (Wildman–Crippen MR) is 163 cm³/mol. The highest BCUT2D eigenvalue weighted by Gasteiger charge is 2.31. The molecule has 0 aliphatic carbocycles. The van der Waals surface area contributed by atoms with Gasteiger partial charge in [0.05, 0.1) is 16.6 Å². The Morgan fingerprint density at radius 2 is 1.34 bits per heavy atom. The summed E-state index contributed by atoms with van der Waals surface area (Å²) in [6.45, 7) is 3.18. The second-order valence-corrected chi connectivity index (χ2v) is 12.8. The molecule has 0 saturated carbocycles. The van der Waals surface area contributed by atoms with Crippen LogP contribution in [0.25, 0.3) is 0 Å². The van der Waals surface area contributed by atoms with Gasteiger partial charge in [-0.25, -0.2) is 8.42 Å². The average molecular weight is 586 g/mol. The van der Waals surface area contributed by atoms with Crippen molar-refractivity contribution in [1.29, 1.82) is 0 Å². The highest BCUT2D eigenvalue weighted by molar-refractivity contribution is 7.92.